The molecule has 1 aliphatic heterocycles. The van der Waals surface area contributed by atoms with Gasteiger partial charge in [-0.05, 0) is 44.0 Å². The summed E-state index contributed by atoms with van der Waals surface area (Å²) < 4.78 is 0. The van der Waals surface area contributed by atoms with Gasteiger partial charge in [-0.2, -0.15) is 0 Å². The summed E-state index contributed by atoms with van der Waals surface area (Å²) in [6, 6.07) is 17.4. The molecule has 2 aromatic carbocycles. The molecule has 5 heteroatoms. The fourth-order valence-corrected chi connectivity index (χ4v) is 3.53. The fraction of sp³-hybridized carbons (Fsp3) is 0.364. The van der Waals surface area contributed by atoms with Gasteiger partial charge in [0.05, 0.1) is 6.04 Å². The van der Waals surface area contributed by atoms with Gasteiger partial charge in [0.15, 0.2) is 0 Å². The second kappa shape index (κ2) is 9.33. The SMILES string of the molecule is Cc1cccc(CN2CCCC2C(=O)NCCNC(=O)c2ccccc2)c1. The third-order valence-corrected chi connectivity index (χ3v) is 4.88. The normalized spacial score (nSPS) is 16.9. The highest BCUT2D eigenvalue weighted by Crippen LogP contribution is 2.20. The molecule has 2 aromatic rings. The molecule has 1 unspecified atom stereocenters. The molecule has 0 saturated carbocycles. The molecule has 0 radical (unpaired) electrons. The summed E-state index contributed by atoms with van der Waals surface area (Å²) in [6.07, 6.45) is 1.92. The van der Waals surface area contributed by atoms with Gasteiger partial charge < -0.3 is 10.6 Å². The van der Waals surface area contributed by atoms with Crippen molar-refractivity contribution in [2.45, 2.75) is 32.4 Å². The van der Waals surface area contributed by atoms with Gasteiger partial charge in [-0.1, -0.05) is 48.0 Å². The number of hydrogen-bond donors (Lipinski definition) is 2. The second-order valence-corrected chi connectivity index (χ2v) is 7.03. The minimum atomic E-state index is -0.119. The van der Waals surface area contributed by atoms with Crippen LogP contribution in [0.1, 0.15) is 34.3 Å². The number of carbonyl (C=O) groups is 2. The molecule has 3 rings (SSSR count). The van der Waals surface area contributed by atoms with Gasteiger partial charge in [0.25, 0.3) is 5.91 Å². The molecular weight excluding hydrogens is 338 g/mol. The van der Waals surface area contributed by atoms with Crippen molar-refractivity contribution in [3.05, 3.63) is 71.3 Å². The lowest BCUT2D eigenvalue weighted by atomic mass is 10.1. The van der Waals surface area contributed by atoms with Gasteiger partial charge in [0, 0.05) is 25.2 Å². The Labute approximate surface area is 160 Å². The first-order chi connectivity index (χ1) is 13.1. The molecule has 0 spiro atoms. The molecule has 27 heavy (non-hydrogen) atoms. The Bertz CT molecular complexity index is 776. The Morgan fingerprint density at radius 1 is 1.04 bits per heavy atom. The van der Waals surface area contributed by atoms with E-state index in [2.05, 4.69) is 46.7 Å². The molecular formula is C22H27N3O2. The Hall–Kier alpha value is -2.66. The number of nitrogens with zero attached hydrogens (tertiary/aromatic N) is 1. The highest BCUT2D eigenvalue weighted by atomic mass is 16.2. The number of likely N-dealkylation sites (tertiary alicyclic amines) is 1. The van der Waals surface area contributed by atoms with E-state index < -0.39 is 0 Å². The number of nitrogens with one attached hydrogen (secondary N) is 2. The van der Waals surface area contributed by atoms with E-state index in [9.17, 15) is 9.59 Å². The van der Waals surface area contributed by atoms with Gasteiger partial charge in [0.2, 0.25) is 5.91 Å². The topological polar surface area (TPSA) is 61.4 Å². The van der Waals surface area contributed by atoms with E-state index in [0.29, 0.717) is 18.7 Å². The molecule has 1 atom stereocenters. The van der Waals surface area contributed by atoms with Gasteiger partial charge in [0.1, 0.15) is 0 Å². The van der Waals surface area contributed by atoms with Crippen molar-refractivity contribution in [3.63, 3.8) is 0 Å². The summed E-state index contributed by atoms with van der Waals surface area (Å²) in [6.45, 7) is 4.68. The molecule has 1 heterocycles. The van der Waals surface area contributed by atoms with Crippen molar-refractivity contribution in [2.75, 3.05) is 19.6 Å². The summed E-state index contributed by atoms with van der Waals surface area (Å²) in [4.78, 5) is 26.8. The Morgan fingerprint density at radius 2 is 1.81 bits per heavy atom. The lowest BCUT2D eigenvalue weighted by Gasteiger charge is -2.24. The maximum absolute atomic E-state index is 12.6. The number of aryl methyl sites for hydroxylation is 1. The molecule has 142 valence electrons. The molecule has 0 bridgehead atoms. The van der Waals surface area contributed by atoms with Crippen molar-refractivity contribution < 1.29 is 9.59 Å². The molecule has 0 aliphatic carbocycles. The highest BCUT2D eigenvalue weighted by molar-refractivity contribution is 5.94. The first-order valence-corrected chi connectivity index (χ1v) is 9.54. The summed E-state index contributed by atoms with van der Waals surface area (Å²) >= 11 is 0. The van der Waals surface area contributed by atoms with Crippen LogP contribution in [0, 0.1) is 6.92 Å². The minimum absolute atomic E-state index is 0.0501. The zero-order chi connectivity index (χ0) is 19.1. The van der Waals surface area contributed by atoms with Crippen molar-refractivity contribution in [1.82, 2.24) is 15.5 Å². The monoisotopic (exact) mass is 365 g/mol. The van der Waals surface area contributed by atoms with Crippen molar-refractivity contribution in [1.29, 1.82) is 0 Å². The maximum atomic E-state index is 12.6. The molecule has 2 N–H and O–H groups in total. The van der Waals surface area contributed by atoms with Crippen molar-refractivity contribution in [3.8, 4) is 0 Å². The standard InChI is InChI=1S/C22H27N3O2/c1-17-7-5-8-18(15-17)16-25-14-6-11-20(25)22(27)24-13-12-23-21(26)19-9-3-2-4-10-19/h2-5,7-10,15,20H,6,11-14,16H2,1H3,(H,23,26)(H,24,27). The predicted molar refractivity (Wildman–Crippen MR) is 106 cm³/mol. The summed E-state index contributed by atoms with van der Waals surface area (Å²) in [5.41, 5.74) is 3.11. The minimum Gasteiger partial charge on any atom is -0.353 e. The van der Waals surface area contributed by atoms with E-state index in [1.807, 2.05) is 18.2 Å². The molecule has 1 fully saturated rings. The Balaban J connectivity index is 1.43. The molecule has 2 amide bonds. The first kappa shape index (κ1) is 19.1. The predicted octanol–water partition coefficient (Wildman–Crippen LogP) is 2.51. The van der Waals surface area contributed by atoms with Crippen LogP contribution in [0.2, 0.25) is 0 Å². The van der Waals surface area contributed by atoms with Crippen LogP contribution in [-0.2, 0) is 11.3 Å². The molecule has 0 aromatic heterocycles. The number of benzene rings is 2. The third kappa shape index (κ3) is 5.41. The van der Waals surface area contributed by atoms with Gasteiger partial charge in [-0.25, -0.2) is 0 Å². The van der Waals surface area contributed by atoms with Crippen molar-refractivity contribution >= 4 is 11.8 Å². The zero-order valence-electron chi connectivity index (χ0n) is 15.8. The smallest absolute Gasteiger partial charge is 0.251 e. The Kier molecular flexibility index (Phi) is 6.60. The van der Waals surface area contributed by atoms with Crippen molar-refractivity contribution in [2.24, 2.45) is 0 Å². The molecule has 5 nitrogen and oxygen atoms in total. The quantitative estimate of drug-likeness (QED) is 0.741. The number of carbonyl (C=O) groups excluding carboxylic acids is 2. The largest absolute Gasteiger partial charge is 0.353 e. The van der Waals surface area contributed by atoms with E-state index in [1.54, 1.807) is 12.1 Å². The maximum Gasteiger partial charge on any atom is 0.251 e. The van der Waals surface area contributed by atoms with E-state index >= 15 is 0 Å². The van der Waals surface area contributed by atoms with E-state index in [-0.39, 0.29) is 17.9 Å². The first-order valence-electron chi connectivity index (χ1n) is 9.54. The lowest BCUT2D eigenvalue weighted by Crippen LogP contribution is -2.45. The summed E-state index contributed by atoms with van der Waals surface area (Å²) in [5, 5.41) is 5.80. The fourth-order valence-electron chi connectivity index (χ4n) is 3.53. The average molecular weight is 365 g/mol. The van der Waals surface area contributed by atoms with Crippen LogP contribution in [0.4, 0.5) is 0 Å². The van der Waals surface area contributed by atoms with Crippen LogP contribution in [0.3, 0.4) is 0 Å². The summed E-state index contributed by atoms with van der Waals surface area (Å²) in [5.74, 6) is -0.0686. The zero-order valence-corrected chi connectivity index (χ0v) is 15.8. The summed E-state index contributed by atoms with van der Waals surface area (Å²) in [7, 11) is 0. The van der Waals surface area contributed by atoms with Crippen LogP contribution in [0.15, 0.2) is 54.6 Å². The molecule has 1 saturated heterocycles. The van der Waals surface area contributed by atoms with Crippen LogP contribution < -0.4 is 10.6 Å². The van der Waals surface area contributed by atoms with E-state index in [4.69, 9.17) is 0 Å². The third-order valence-electron chi connectivity index (χ3n) is 4.88. The number of hydrogen-bond acceptors (Lipinski definition) is 3. The van der Waals surface area contributed by atoms with Crippen LogP contribution in [-0.4, -0.2) is 42.4 Å². The van der Waals surface area contributed by atoms with Crippen LogP contribution >= 0.6 is 0 Å². The second-order valence-electron chi connectivity index (χ2n) is 7.03. The van der Waals surface area contributed by atoms with Crippen LogP contribution in [0.25, 0.3) is 0 Å². The van der Waals surface area contributed by atoms with Gasteiger partial charge >= 0.3 is 0 Å². The Morgan fingerprint density at radius 3 is 2.59 bits per heavy atom. The average Bonchev–Trinajstić information content (AvgIpc) is 3.14. The van der Waals surface area contributed by atoms with E-state index in [1.165, 1.54) is 11.1 Å². The highest BCUT2D eigenvalue weighted by Gasteiger charge is 2.30. The number of amides is 2. The lowest BCUT2D eigenvalue weighted by molar-refractivity contribution is -0.125. The van der Waals surface area contributed by atoms with Gasteiger partial charge in [-0.15, -0.1) is 0 Å². The van der Waals surface area contributed by atoms with Gasteiger partial charge in [-0.3, -0.25) is 14.5 Å². The molecule has 1 aliphatic rings. The number of rotatable bonds is 7. The van der Waals surface area contributed by atoms with Crippen LogP contribution in [0.5, 0.6) is 0 Å². The van der Waals surface area contributed by atoms with E-state index in [0.717, 1.165) is 25.9 Å².